The van der Waals surface area contributed by atoms with E-state index in [2.05, 4.69) is 21.4 Å². The van der Waals surface area contributed by atoms with Gasteiger partial charge in [0.1, 0.15) is 5.15 Å². The molecule has 0 unspecified atom stereocenters. The number of anilines is 1. The number of carbonyl (C=O) groups excluding carboxylic acids is 1. The lowest BCUT2D eigenvalue weighted by Gasteiger charge is -2.15. The van der Waals surface area contributed by atoms with Gasteiger partial charge in [-0.3, -0.25) is 9.69 Å². The topological polar surface area (TPSA) is 50.2 Å². The van der Waals surface area contributed by atoms with E-state index in [-0.39, 0.29) is 5.91 Å². The Bertz CT molecular complexity index is 993. The van der Waals surface area contributed by atoms with E-state index in [0.717, 1.165) is 30.9 Å². The molecule has 29 heavy (non-hydrogen) atoms. The number of halogens is 1. The highest BCUT2D eigenvalue weighted by Crippen LogP contribution is 2.23. The SMILES string of the molecule is Cc1nn(Cc2ccccc2)c(Cl)c1C(=O)Nc1cccc(CN2CCCC2)c1. The maximum absolute atomic E-state index is 12.9. The van der Waals surface area contributed by atoms with Gasteiger partial charge in [-0.15, -0.1) is 0 Å². The Kier molecular flexibility index (Phi) is 5.97. The van der Waals surface area contributed by atoms with Crippen molar-refractivity contribution < 1.29 is 4.79 Å². The lowest BCUT2D eigenvalue weighted by molar-refractivity contribution is 0.102. The van der Waals surface area contributed by atoms with Crippen LogP contribution in [0.15, 0.2) is 54.6 Å². The third kappa shape index (κ3) is 4.69. The molecule has 1 aliphatic heterocycles. The normalized spacial score (nSPS) is 14.3. The fraction of sp³-hybridized carbons (Fsp3) is 0.304. The maximum Gasteiger partial charge on any atom is 0.260 e. The second-order valence-electron chi connectivity index (χ2n) is 7.53. The molecule has 0 spiro atoms. The number of aryl methyl sites for hydroxylation is 1. The van der Waals surface area contributed by atoms with Gasteiger partial charge in [0.05, 0.1) is 17.8 Å². The number of nitrogens with one attached hydrogen (secondary N) is 1. The van der Waals surface area contributed by atoms with Gasteiger partial charge in [-0.25, -0.2) is 4.68 Å². The molecule has 150 valence electrons. The Balaban J connectivity index is 1.48. The monoisotopic (exact) mass is 408 g/mol. The van der Waals surface area contributed by atoms with E-state index in [1.165, 1.54) is 18.4 Å². The summed E-state index contributed by atoms with van der Waals surface area (Å²) in [5, 5.41) is 7.82. The molecule has 0 radical (unpaired) electrons. The highest BCUT2D eigenvalue weighted by molar-refractivity contribution is 6.33. The first-order valence-corrected chi connectivity index (χ1v) is 10.4. The largest absolute Gasteiger partial charge is 0.322 e. The van der Waals surface area contributed by atoms with Gasteiger partial charge in [0.15, 0.2) is 0 Å². The van der Waals surface area contributed by atoms with E-state index in [0.29, 0.717) is 23.0 Å². The number of rotatable bonds is 6. The van der Waals surface area contributed by atoms with Crippen LogP contribution >= 0.6 is 11.6 Å². The van der Waals surface area contributed by atoms with Crippen molar-refractivity contribution in [1.29, 1.82) is 0 Å². The van der Waals surface area contributed by atoms with Gasteiger partial charge in [-0.2, -0.15) is 5.10 Å². The minimum atomic E-state index is -0.231. The number of carbonyl (C=O) groups is 1. The summed E-state index contributed by atoms with van der Waals surface area (Å²) in [6.45, 7) is 5.54. The Morgan fingerprint density at radius 3 is 2.52 bits per heavy atom. The fourth-order valence-electron chi connectivity index (χ4n) is 3.81. The Morgan fingerprint density at radius 1 is 1.03 bits per heavy atom. The lowest BCUT2D eigenvalue weighted by Crippen LogP contribution is -2.18. The molecule has 1 N–H and O–H groups in total. The third-order valence-corrected chi connectivity index (χ3v) is 5.64. The van der Waals surface area contributed by atoms with Crippen LogP contribution < -0.4 is 5.32 Å². The molecule has 2 aromatic carbocycles. The molecule has 5 nitrogen and oxygen atoms in total. The smallest absolute Gasteiger partial charge is 0.260 e. The predicted octanol–water partition coefficient (Wildman–Crippen LogP) is 4.74. The predicted molar refractivity (Wildman–Crippen MR) is 116 cm³/mol. The van der Waals surface area contributed by atoms with Crippen LogP contribution in [0, 0.1) is 6.92 Å². The molecular formula is C23H25ClN4O. The molecule has 3 aromatic rings. The number of hydrogen-bond donors (Lipinski definition) is 1. The number of nitrogens with zero attached hydrogens (tertiary/aromatic N) is 3. The van der Waals surface area contributed by atoms with Gasteiger partial charge in [-0.1, -0.05) is 54.1 Å². The average Bonchev–Trinajstić information content (AvgIpc) is 3.31. The molecule has 0 saturated carbocycles. The minimum Gasteiger partial charge on any atom is -0.322 e. The Hall–Kier alpha value is -2.63. The van der Waals surface area contributed by atoms with Crippen LogP contribution in [-0.2, 0) is 13.1 Å². The van der Waals surface area contributed by atoms with Crippen LogP contribution in [0.1, 0.15) is 40.0 Å². The standard InChI is InChI=1S/C23H25ClN4O/c1-17-21(22(24)28(26-17)16-18-8-3-2-4-9-18)23(29)25-20-11-7-10-19(14-20)15-27-12-5-6-13-27/h2-4,7-11,14H,5-6,12-13,15-16H2,1H3,(H,25,29). The van der Waals surface area contributed by atoms with Crippen molar-refractivity contribution in [2.75, 3.05) is 18.4 Å². The molecule has 4 rings (SSSR count). The molecule has 1 amide bonds. The zero-order valence-electron chi connectivity index (χ0n) is 16.6. The highest BCUT2D eigenvalue weighted by atomic mass is 35.5. The van der Waals surface area contributed by atoms with Crippen molar-refractivity contribution in [2.45, 2.75) is 32.9 Å². The number of amides is 1. The quantitative estimate of drug-likeness (QED) is 0.640. The van der Waals surface area contributed by atoms with Gasteiger partial charge in [0.2, 0.25) is 0 Å². The average molecular weight is 409 g/mol. The van der Waals surface area contributed by atoms with Gasteiger partial charge in [0.25, 0.3) is 5.91 Å². The van der Waals surface area contributed by atoms with E-state index in [9.17, 15) is 4.79 Å². The van der Waals surface area contributed by atoms with Crippen molar-refractivity contribution in [1.82, 2.24) is 14.7 Å². The third-order valence-electron chi connectivity index (χ3n) is 5.26. The second kappa shape index (κ2) is 8.80. The van der Waals surface area contributed by atoms with Crippen molar-refractivity contribution in [3.05, 3.63) is 82.1 Å². The van der Waals surface area contributed by atoms with E-state index in [1.807, 2.05) is 55.5 Å². The zero-order chi connectivity index (χ0) is 20.2. The summed E-state index contributed by atoms with van der Waals surface area (Å²) in [5.74, 6) is -0.231. The van der Waals surface area contributed by atoms with Crippen molar-refractivity contribution in [3.63, 3.8) is 0 Å². The first-order valence-electron chi connectivity index (χ1n) is 9.99. The summed E-state index contributed by atoms with van der Waals surface area (Å²) in [6.07, 6.45) is 2.53. The van der Waals surface area contributed by atoms with E-state index >= 15 is 0 Å². The van der Waals surface area contributed by atoms with E-state index in [4.69, 9.17) is 11.6 Å². The highest BCUT2D eigenvalue weighted by Gasteiger charge is 2.21. The lowest BCUT2D eigenvalue weighted by atomic mass is 10.1. The Morgan fingerprint density at radius 2 is 1.76 bits per heavy atom. The molecule has 2 heterocycles. The van der Waals surface area contributed by atoms with Crippen LogP contribution in [0.2, 0.25) is 5.15 Å². The first-order chi connectivity index (χ1) is 14.1. The van der Waals surface area contributed by atoms with Gasteiger partial charge >= 0.3 is 0 Å². The summed E-state index contributed by atoms with van der Waals surface area (Å²) in [5.41, 5.74) is 4.10. The molecule has 0 atom stereocenters. The summed E-state index contributed by atoms with van der Waals surface area (Å²) in [4.78, 5) is 15.4. The molecular weight excluding hydrogens is 384 g/mol. The van der Waals surface area contributed by atoms with Crippen molar-refractivity contribution in [3.8, 4) is 0 Å². The van der Waals surface area contributed by atoms with Crippen molar-refractivity contribution in [2.24, 2.45) is 0 Å². The molecule has 1 aromatic heterocycles. The minimum absolute atomic E-state index is 0.231. The maximum atomic E-state index is 12.9. The summed E-state index contributed by atoms with van der Waals surface area (Å²) >= 11 is 6.52. The zero-order valence-corrected chi connectivity index (χ0v) is 17.3. The molecule has 1 saturated heterocycles. The van der Waals surface area contributed by atoms with E-state index in [1.54, 1.807) is 4.68 Å². The van der Waals surface area contributed by atoms with Crippen LogP contribution in [0.4, 0.5) is 5.69 Å². The number of aromatic nitrogens is 2. The molecule has 1 fully saturated rings. The summed E-state index contributed by atoms with van der Waals surface area (Å²) in [6, 6.07) is 18.0. The van der Waals surface area contributed by atoms with Gasteiger partial charge in [0, 0.05) is 12.2 Å². The summed E-state index contributed by atoms with van der Waals surface area (Å²) in [7, 11) is 0. The van der Waals surface area contributed by atoms with E-state index < -0.39 is 0 Å². The summed E-state index contributed by atoms with van der Waals surface area (Å²) < 4.78 is 1.67. The first kappa shape index (κ1) is 19.7. The molecule has 0 bridgehead atoms. The van der Waals surface area contributed by atoms with Crippen LogP contribution in [0.3, 0.4) is 0 Å². The van der Waals surface area contributed by atoms with Crippen LogP contribution in [-0.4, -0.2) is 33.7 Å². The van der Waals surface area contributed by atoms with Gasteiger partial charge in [-0.05, 0) is 56.1 Å². The van der Waals surface area contributed by atoms with Crippen LogP contribution in [0.5, 0.6) is 0 Å². The fourth-order valence-corrected chi connectivity index (χ4v) is 4.13. The van der Waals surface area contributed by atoms with Crippen LogP contribution in [0.25, 0.3) is 0 Å². The Labute approximate surface area is 176 Å². The molecule has 0 aliphatic carbocycles. The van der Waals surface area contributed by atoms with Crippen molar-refractivity contribution >= 4 is 23.2 Å². The number of hydrogen-bond acceptors (Lipinski definition) is 3. The number of benzene rings is 2. The molecule has 6 heteroatoms. The van der Waals surface area contributed by atoms with Gasteiger partial charge < -0.3 is 5.32 Å². The second-order valence-corrected chi connectivity index (χ2v) is 7.89. The molecule has 1 aliphatic rings. The number of likely N-dealkylation sites (tertiary alicyclic amines) is 1.